The average Bonchev–Trinajstić information content (AvgIpc) is 2.28. The number of rotatable bonds is 5. The molecule has 4 nitrogen and oxygen atoms in total. The molecule has 0 aromatic heterocycles. The normalized spacial score (nSPS) is 10.1. The maximum atomic E-state index is 11.6. The van der Waals surface area contributed by atoms with Crippen LogP contribution in [0.1, 0.15) is 12.0 Å². The lowest BCUT2D eigenvalue weighted by atomic mass is 10.1. The Kier molecular flexibility index (Phi) is 4.97. The number of amides is 1. The molecule has 0 unspecified atom stereocenters. The van der Waals surface area contributed by atoms with Gasteiger partial charge in [-0.15, -0.1) is 0 Å². The summed E-state index contributed by atoms with van der Waals surface area (Å²) in [7, 11) is 5.83. The van der Waals surface area contributed by atoms with Gasteiger partial charge in [0.25, 0.3) is 0 Å². The van der Waals surface area contributed by atoms with Crippen molar-refractivity contribution in [1.29, 1.82) is 0 Å². The van der Waals surface area contributed by atoms with Crippen molar-refractivity contribution in [3.63, 3.8) is 0 Å². The quantitative estimate of drug-likeness (QED) is 0.815. The maximum Gasteiger partial charge on any atom is 0.225 e. The van der Waals surface area contributed by atoms with E-state index >= 15 is 0 Å². The standard InChI is InChI=1S/C13H21N3O/c1-10-5-6-11(9-12(10)16(3)4)15-13(17)7-8-14-2/h5-6,9,14H,7-8H2,1-4H3,(H,15,17). The van der Waals surface area contributed by atoms with Gasteiger partial charge >= 0.3 is 0 Å². The van der Waals surface area contributed by atoms with Gasteiger partial charge in [0.2, 0.25) is 5.91 Å². The molecule has 4 heteroatoms. The van der Waals surface area contributed by atoms with E-state index in [1.807, 2.05) is 44.2 Å². The molecule has 0 bridgehead atoms. The zero-order chi connectivity index (χ0) is 12.8. The Morgan fingerprint density at radius 3 is 2.65 bits per heavy atom. The summed E-state index contributed by atoms with van der Waals surface area (Å²) in [6.07, 6.45) is 0.488. The summed E-state index contributed by atoms with van der Waals surface area (Å²) in [4.78, 5) is 13.6. The highest BCUT2D eigenvalue weighted by Crippen LogP contribution is 2.22. The summed E-state index contributed by atoms with van der Waals surface area (Å²) in [6.45, 7) is 2.75. The molecule has 0 spiro atoms. The van der Waals surface area contributed by atoms with E-state index in [0.717, 1.165) is 11.4 Å². The van der Waals surface area contributed by atoms with Crippen LogP contribution in [0, 0.1) is 6.92 Å². The molecule has 0 aliphatic carbocycles. The minimum absolute atomic E-state index is 0.0351. The molecular formula is C13H21N3O. The van der Waals surface area contributed by atoms with Crippen molar-refractivity contribution in [3.05, 3.63) is 23.8 Å². The summed E-state index contributed by atoms with van der Waals surface area (Å²) in [5.74, 6) is 0.0351. The first-order chi connectivity index (χ1) is 8.04. The Hall–Kier alpha value is -1.55. The molecular weight excluding hydrogens is 214 g/mol. The summed E-state index contributed by atoms with van der Waals surface area (Å²) in [6, 6.07) is 5.94. The van der Waals surface area contributed by atoms with Crippen molar-refractivity contribution < 1.29 is 4.79 Å². The predicted octanol–water partition coefficient (Wildman–Crippen LogP) is 1.61. The van der Waals surface area contributed by atoms with E-state index in [9.17, 15) is 4.79 Å². The fourth-order valence-corrected chi connectivity index (χ4v) is 1.63. The lowest BCUT2D eigenvalue weighted by Crippen LogP contribution is -2.19. The summed E-state index contributed by atoms with van der Waals surface area (Å²) in [5, 5.41) is 5.85. The van der Waals surface area contributed by atoms with E-state index in [-0.39, 0.29) is 5.91 Å². The molecule has 0 atom stereocenters. The zero-order valence-corrected chi connectivity index (χ0v) is 11.0. The van der Waals surface area contributed by atoms with Crippen LogP contribution in [0.3, 0.4) is 0 Å². The molecule has 1 rings (SSSR count). The van der Waals surface area contributed by atoms with Crippen LogP contribution in [-0.4, -0.2) is 33.6 Å². The van der Waals surface area contributed by atoms with Crippen LogP contribution in [0.15, 0.2) is 18.2 Å². The Bertz CT molecular complexity index is 388. The van der Waals surface area contributed by atoms with E-state index in [4.69, 9.17) is 0 Å². The molecule has 0 aliphatic heterocycles. The zero-order valence-electron chi connectivity index (χ0n) is 11.0. The Morgan fingerprint density at radius 1 is 1.35 bits per heavy atom. The van der Waals surface area contributed by atoms with Crippen LogP contribution in [-0.2, 0) is 4.79 Å². The van der Waals surface area contributed by atoms with Crippen LogP contribution in [0.4, 0.5) is 11.4 Å². The number of hydrogen-bond acceptors (Lipinski definition) is 3. The highest BCUT2D eigenvalue weighted by atomic mass is 16.1. The smallest absolute Gasteiger partial charge is 0.225 e. The molecule has 1 aromatic carbocycles. The molecule has 17 heavy (non-hydrogen) atoms. The largest absolute Gasteiger partial charge is 0.377 e. The average molecular weight is 235 g/mol. The highest BCUT2D eigenvalue weighted by molar-refractivity contribution is 5.91. The van der Waals surface area contributed by atoms with Gasteiger partial charge in [-0.05, 0) is 31.7 Å². The van der Waals surface area contributed by atoms with Crippen LogP contribution >= 0.6 is 0 Å². The van der Waals surface area contributed by atoms with Gasteiger partial charge in [0.05, 0.1) is 0 Å². The van der Waals surface area contributed by atoms with Crippen molar-refractivity contribution in [2.24, 2.45) is 0 Å². The number of benzene rings is 1. The van der Waals surface area contributed by atoms with Gasteiger partial charge < -0.3 is 15.5 Å². The van der Waals surface area contributed by atoms with Crippen LogP contribution in [0.2, 0.25) is 0 Å². The molecule has 1 aromatic rings. The second-order valence-corrected chi connectivity index (χ2v) is 4.30. The molecule has 0 saturated carbocycles. The maximum absolute atomic E-state index is 11.6. The second-order valence-electron chi connectivity index (χ2n) is 4.30. The minimum atomic E-state index is 0.0351. The van der Waals surface area contributed by atoms with Gasteiger partial charge in [-0.1, -0.05) is 6.07 Å². The summed E-state index contributed by atoms with van der Waals surface area (Å²) in [5.41, 5.74) is 3.17. The topological polar surface area (TPSA) is 44.4 Å². The minimum Gasteiger partial charge on any atom is -0.377 e. The van der Waals surface area contributed by atoms with Gasteiger partial charge in [0.1, 0.15) is 0 Å². The number of carbonyl (C=O) groups excluding carboxylic acids is 1. The van der Waals surface area contributed by atoms with Gasteiger partial charge in [-0.2, -0.15) is 0 Å². The SMILES string of the molecule is CNCCC(=O)Nc1ccc(C)c(N(C)C)c1. The number of aryl methyl sites for hydroxylation is 1. The third-order valence-corrected chi connectivity index (χ3v) is 2.58. The highest BCUT2D eigenvalue weighted by Gasteiger charge is 2.05. The van der Waals surface area contributed by atoms with Crippen LogP contribution < -0.4 is 15.5 Å². The van der Waals surface area contributed by atoms with Crippen molar-refractivity contribution in [3.8, 4) is 0 Å². The summed E-state index contributed by atoms with van der Waals surface area (Å²) >= 11 is 0. The van der Waals surface area contributed by atoms with Crippen molar-refractivity contribution in [1.82, 2.24) is 5.32 Å². The van der Waals surface area contributed by atoms with E-state index in [1.54, 1.807) is 0 Å². The summed E-state index contributed by atoms with van der Waals surface area (Å²) < 4.78 is 0. The lowest BCUT2D eigenvalue weighted by molar-refractivity contribution is -0.116. The van der Waals surface area contributed by atoms with E-state index < -0.39 is 0 Å². The molecule has 0 heterocycles. The van der Waals surface area contributed by atoms with E-state index in [1.165, 1.54) is 5.56 Å². The lowest BCUT2D eigenvalue weighted by Gasteiger charge is -2.17. The van der Waals surface area contributed by atoms with Gasteiger partial charge in [-0.25, -0.2) is 0 Å². The molecule has 2 N–H and O–H groups in total. The van der Waals surface area contributed by atoms with Gasteiger partial charge in [-0.3, -0.25) is 4.79 Å². The number of carbonyl (C=O) groups is 1. The first-order valence-electron chi connectivity index (χ1n) is 5.77. The van der Waals surface area contributed by atoms with Crippen molar-refractivity contribution in [2.45, 2.75) is 13.3 Å². The van der Waals surface area contributed by atoms with E-state index in [0.29, 0.717) is 13.0 Å². The Balaban J connectivity index is 2.72. The number of nitrogens with zero attached hydrogens (tertiary/aromatic N) is 1. The molecule has 94 valence electrons. The fraction of sp³-hybridized carbons (Fsp3) is 0.462. The Morgan fingerprint density at radius 2 is 2.06 bits per heavy atom. The molecule has 0 radical (unpaired) electrons. The van der Waals surface area contributed by atoms with Crippen LogP contribution in [0.5, 0.6) is 0 Å². The number of hydrogen-bond donors (Lipinski definition) is 2. The first kappa shape index (κ1) is 13.5. The molecule has 0 aliphatic rings. The monoisotopic (exact) mass is 235 g/mol. The number of anilines is 2. The van der Waals surface area contributed by atoms with Crippen molar-refractivity contribution in [2.75, 3.05) is 37.9 Å². The molecule has 0 saturated heterocycles. The molecule has 1 amide bonds. The fourth-order valence-electron chi connectivity index (χ4n) is 1.63. The Labute approximate surface area is 103 Å². The van der Waals surface area contributed by atoms with Gasteiger partial charge in [0.15, 0.2) is 0 Å². The second kappa shape index (κ2) is 6.25. The van der Waals surface area contributed by atoms with Crippen LogP contribution in [0.25, 0.3) is 0 Å². The van der Waals surface area contributed by atoms with Gasteiger partial charge in [0, 0.05) is 38.4 Å². The van der Waals surface area contributed by atoms with E-state index in [2.05, 4.69) is 17.6 Å². The predicted molar refractivity (Wildman–Crippen MR) is 72.7 cm³/mol. The molecule has 0 fully saturated rings. The third kappa shape index (κ3) is 4.07. The first-order valence-corrected chi connectivity index (χ1v) is 5.77. The third-order valence-electron chi connectivity index (χ3n) is 2.58. The number of nitrogens with one attached hydrogen (secondary N) is 2. The van der Waals surface area contributed by atoms with Crippen molar-refractivity contribution >= 4 is 17.3 Å².